The monoisotopic (exact) mass is 573 g/mol. The van der Waals surface area contributed by atoms with Crippen molar-refractivity contribution in [3.63, 3.8) is 0 Å². The molecule has 4 rings (SSSR count). The summed E-state index contributed by atoms with van der Waals surface area (Å²) in [6.07, 6.45) is 3.32. The van der Waals surface area contributed by atoms with Gasteiger partial charge in [-0.1, -0.05) is 24.3 Å². The molecule has 200 valence electrons. The van der Waals surface area contributed by atoms with E-state index in [2.05, 4.69) is 53.6 Å². The molecule has 1 aliphatic carbocycles. The van der Waals surface area contributed by atoms with Gasteiger partial charge in [0.05, 0.1) is 12.2 Å². The van der Waals surface area contributed by atoms with Gasteiger partial charge in [0.15, 0.2) is 5.82 Å². The second kappa shape index (κ2) is 10.1. The number of amides is 2. The molecule has 0 bridgehead atoms. The molecule has 9 nitrogen and oxygen atoms in total. The van der Waals surface area contributed by atoms with E-state index in [9.17, 15) is 9.59 Å². The lowest BCUT2D eigenvalue weighted by molar-refractivity contribution is 0.0427. The van der Waals surface area contributed by atoms with E-state index in [1.54, 1.807) is 27.0 Å². The maximum absolute atomic E-state index is 12.8. The Kier molecular flexibility index (Phi) is 7.43. The van der Waals surface area contributed by atoms with Crippen LogP contribution in [-0.4, -0.2) is 46.4 Å². The normalized spacial score (nSPS) is 18.8. The van der Waals surface area contributed by atoms with E-state index in [-0.39, 0.29) is 11.5 Å². The van der Waals surface area contributed by atoms with Crippen molar-refractivity contribution in [2.75, 3.05) is 23.3 Å². The number of anilines is 2. The summed E-state index contributed by atoms with van der Waals surface area (Å²) in [7, 11) is 0. The Morgan fingerprint density at radius 1 is 1.03 bits per heavy atom. The van der Waals surface area contributed by atoms with Crippen LogP contribution in [0, 0.1) is 5.41 Å². The number of nitrogens with zero attached hydrogens (tertiary/aromatic N) is 3. The molecule has 1 aromatic heterocycles. The predicted octanol–water partition coefficient (Wildman–Crippen LogP) is 5.99. The number of ether oxygens (including phenoxy) is 2. The van der Waals surface area contributed by atoms with Crippen molar-refractivity contribution in [2.45, 2.75) is 78.0 Å². The van der Waals surface area contributed by atoms with Gasteiger partial charge in [-0.2, -0.15) is 0 Å². The lowest BCUT2D eigenvalue weighted by atomic mass is 9.72. The second-order valence-corrected chi connectivity index (χ2v) is 12.5. The van der Waals surface area contributed by atoms with Crippen LogP contribution < -0.4 is 15.5 Å². The molecule has 2 N–H and O–H groups in total. The predicted molar refractivity (Wildman–Crippen MR) is 146 cm³/mol. The van der Waals surface area contributed by atoms with Gasteiger partial charge in [0.1, 0.15) is 21.6 Å². The van der Waals surface area contributed by atoms with Crippen molar-refractivity contribution in [2.24, 2.45) is 5.41 Å². The SMILES string of the molecule is CC(C)(C)OC(=O)Nc1nc(N2CCC3(CC2)Cc2ccccc2[C@H]3NC(=O)OC(C)(C)C)cnc1Br. The Morgan fingerprint density at radius 3 is 2.30 bits per heavy atom. The van der Waals surface area contributed by atoms with Crippen molar-refractivity contribution >= 4 is 39.8 Å². The molecule has 2 aliphatic rings. The van der Waals surface area contributed by atoms with Crippen LogP contribution in [0.2, 0.25) is 0 Å². The van der Waals surface area contributed by atoms with Gasteiger partial charge in [-0.05, 0) is 87.9 Å². The molecule has 1 atom stereocenters. The van der Waals surface area contributed by atoms with Crippen LogP contribution in [-0.2, 0) is 15.9 Å². The van der Waals surface area contributed by atoms with Gasteiger partial charge >= 0.3 is 12.2 Å². The van der Waals surface area contributed by atoms with E-state index in [4.69, 9.17) is 9.47 Å². The molecular formula is C27H36BrN5O4. The number of fused-ring (bicyclic) bond motifs is 1. The lowest BCUT2D eigenvalue weighted by Gasteiger charge is -2.43. The second-order valence-electron chi connectivity index (χ2n) is 11.8. The van der Waals surface area contributed by atoms with Crippen LogP contribution >= 0.6 is 15.9 Å². The minimum absolute atomic E-state index is 0.114. The lowest BCUT2D eigenvalue weighted by Crippen LogP contribution is -2.48. The third-order valence-electron chi connectivity index (χ3n) is 6.60. The van der Waals surface area contributed by atoms with E-state index in [1.165, 1.54) is 5.56 Å². The Labute approximate surface area is 226 Å². The first kappa shape index (κ1) is 27.2. The number of alkyl carbamates (subject to hydrolysis) is 1. The smallest absolute Gasteiger partial charge is 0.413 e. The highest BCUT2D eigenvalue weighted by Gasteiger charge is 2.48. The van der Waals surface area contributed by atoms with Crippen molar-refractivity contribution in [3.8, 4) is 0 Å². The Bertz CT molecular complexity index is 1170. The fourth-order valence-corrected chi connectivity index (χ4v) is 5.38. The minimum atomic E-state index is -0.620. The highest BCUT2D eigenvalue weighted by molar-refractivity contribution is 9.10. The van der Waals surface area contributed by atoms with E-state index in [0.717, 1.165) is 37.9 Å². The van der Waals surface area contributed by atoms with Crippen LogP contribution in [0.25, 0.3) is 0 Å². The average molecular weight is 575 g/mol. The van der Waals surface area contributed by atoms with Gasteiger partial charge in [-0.3, -0.25) is 5.32 Å². The zero-order valence-electron chi connectivity index (χ0n) is 22.4. The van der Waals surface area contributed by atoms with Gasteiger partial charge in [0.25, 0.3) is 0 Å². The van der Waals surface area contributed by atoms with E-state index < -0.39 is 23.4 Å². The topological polar surface area (TPSA) is 106 Å². The highest BCUT2D eigenvalue weighted by atomic mass is 79.9. The van der Waals surface area contributed by atoms with Crippen LogP contribution in [0.5, 0.6) is 0 Å². The molecule has 1 spiro atoms. The minimum Gasteiger partial charge on any atom is -0.444 e. The number of rotatable bonds is 3. The fraction of sp³-hybridized carbons (Fsp3) is 0.556. The van der Waals surface area contributed by atoms with Gasteiger partial charge < -0.3 is 19.7 Å². The number of benzene rings is 1. The molecule has 37 heavy (non-hydrogen) atoms. The summed E-state index contributed by atoms with van der Waals surface area (Å²) in [6.45, 7) is 12.5. The average Bonchev–Trinajstić information content (AvgIpc) is 3.06. The largest absolute Gasteiger partial charge is 0.444 e. The summed E-state index contributed by atoms with van der Waals surface area (Å²) >= 11 is 3.36. The van der Waals surface area contributed by atoms with E-state index >= 15 is 0 Å². The first-order chi connectivity index (χ1) is 17.2. The number of aromatic nitrogens is 2. The van der Waals surface area contributed by atoms with E-state index in [0.29, 0.717) is 16.2 Å². The number of piperidine rings is 1. The number of nitrogens with one attached hydrogen (secondary N) is 2. The molecule has 0 saturated carbocycles. The maximum atomic E-state index is 12.8. The molecule has 0 unspecified atom stereocenters. The fourth-order valence-electron chi connectivity index (χ4n) is 5.09. The van der Waals surface area contributed by atoms with Gasteiger partial charge in [-0.25, -0.2) is 19.6 Å². The zero-order chi connectivity index (χ0) is 27.0. The molecule has 2 aromatic rings. The van der Waals surface area contributed by atoms with Crippen LogP contribution in [0.4, 0.5) is 21.2 Å². The Hall–Kier alpha value is -2.88. The van der Waals surface area contributed by atoms with Gasteiger partial charge in [0, 0.05) is 18.5 Å². The van der Waals surface area contributed by atoms with Crippen molar-refractivity contribution in [3.05, 3.63) is 46.2 Å². The molecule has 1 fully saturated rings. The van der Waals surface area contributed by atoms with Crippen LogP contribution in [0.1, 0.15) is 71.6 Å². The quantitative estimate of drug-likeness (QED) is 0.464. The summed E-state index contributed by atoms with van der Waals surface area (Å²) in [5, 5.41) is 5.87. The van der Waals surface area contributed by atoms with Crippen LogP contribution in [0.15, 0.2) is 35.1 Å². The molecule has 10 heteroatoms. The third kappa shape index (κ3) is 6.52. The van der Waals surface area contributed by atoms with Crippen molar-refractivity contribution in [1.29, 1.82) is 0 Å². The van der Waals surface area contributed by atoms with E-state index in [1.807, 2.05) is 32.9 Å². The molecule has 2 heterocycles. The Balaban J connectivity index is 1.49. The first-order valence-corrected chi connectivity index (χ1v) is 13.4. The summed E-state index contributed by atoms with van der Waals surface area (Å²) in [5.41, 5.74) is 1.13. The number of hydrogen-bond donors (Lipinski definition) is 2. The maximum Gasteiger partial charge on any atom is 0.413 e. The van der Waals surface area contributed by atoms with Gasteiger partial charge in [-0.15, -0.1) is 0 Å². The molecule has 2 amide bonds. The molecule has 1 aliphatic heterocycles. The number of halogens is 1. The highest BCUT2D eigenvalue weighted by Crippen LogP contribution is 2.52. The summed E-state index contributed by atoms with van der Waals surface area (Å²) < 4.78 is 11.4. The molecular weight excluding hydrogens is 538 g/mol. The number of carbonyl (C=O) groups is 2. The summed E-state index contributed by atoms with van der Waals surface area (Å²) in [5.74, 6) is 0.987. The zero-order valence-corrected chi connectivity index (χ0v) is 23.9. The molecule has 1 saturated heterocycles. The van der Waals surface area contributed by atoms with Crippen molar-refractivity contribution in [1.82, 2.24) is 15.3 Å². The van der Waals surface area contributed by atoms with Gasteiger partial charge in [0.2, 0.25) is 0 Å². The standard InChI is InChI=1S/C27H36BrN5O4/c1-25(2,3)36-23(34)31-20-18-10-8-7-9-17(18)15-27(20)11-13-33(14-12-27)19-16-29-21(28)22(30-19)32-24(35)37-26(4,5)6/h7-10,16,20H,11-15H2,1-6H3,(H,31,34)(H,30,32,35)/t20-/m1/s1. The third-order valence-corrected chi connectivity index (χ3v) is 7.18. The first-order valence-electron chi connectivity index (χ1n) is 12.6. The van der Waals surface area contributed by atoms with Crippen LogP contribution in [0.3, 0.4) is 0 Å². The summed E-state index contributed by atoms with van der Waals surface area (Å²) in [6, 6.07) is 8.20. The molecule has 1 aromatic carbocycles. The number of carbonyl (C=O) groups excluding carboxylic acids is 2. The summed E-state index contributed by atoms with van der Waals surface area (Å²) in [4.78, 5) is 36.2. The Morgan fingerprint density at radius 2 is 1.65 bits per heavy atom. The number of hydrogen-bond acceptors (Lipinski definition) is 7. The van der Waals surface area contributed by atoms with Crippen molar-refractivity contribution < 1.29 is 19.1 Å². The molecule has 0 radical (unpaired) electrons.